The lowest BCUT2D eigenvalue weighted by Crippen LogP contribution is -2.32. The van der Waals surface area contributed by atoms with E-state index in [1.54, 1.807) is 12.1 Å². The van der Waals surface area contributed by atoms with E-state index >= 15 is 0 Å². The Morgan fingerprint density at radius 1 is 1.03 bits per heavy atom. The maximum atomic E-state index is 10.2. The molecule has 3 aromatic carbocycles. The fourth-order valence-corrected chi connectivity index (χ4v) is 4.04. The summed E-state index contributed by atoms with van der Waals surface area (Å²) in [6.45, 7) is 2.06. The summed E-state index contributed by atoms with van der Waals surface area (Å²) >= 11 is 5.96. The van der Waals surface area contributed by atoms with Gasteiger partial charge in [0, 0.05) is 23.0 Å². The topological polar surface area (TPSA) is 50.7 Å². The molecule has 0 bridgehead atoms. The van der Waals surface area contributed by atoms with Gasteiger partial charge in [0.15, 0.2) is 0 Å². The third kappa shape index (κ3) is 5.14. The van der Waals surface area contributed by atoms with E-state index in [-0.39, 0.29) is 12.5 Å². The molecular formula is C25H26ClNO3. The van der Waals surface area contributed by atoms with Crippen LogP contribution in [0.5, 0.6) is 11.5 Å². The third-order valence-electron chi connectivity index (χ3n) is 5.34. The second kappa shape index (κ2) is 9.98. The van der Waals surface area contributed by atoms with Gasteiger partial charge in [0.1, 0.15) is 30.8 Å². The largest absolute Gasteiger partial charge is 0.491 e. The first kappa shape index (κ1) is 20.7. The Balaban J connectivity index is 1.32. The van der Waals surface area contributed by atoms with Crippen LogP contribution in [0.4, 0.5) is 0 Å². The fraction of sp³-hybridized carbons (Fsp3) is 0.280. The molecule has 2 unspecified atom stereocenters. The molecule has 3 aromatic rings. The number of hydrogen-bond donors (Lipinski definition) is 2. The predicted octanol–water partition coefficient (Wildman–Crippen LogP) is 4.78. The SMILES string of the molecule is OC(CNCCC1c2ccccc2COc2ccccc21)COc1cccc(Cl)c1. The van der Waals surface area contributed by atoms with Crippen molar-refractivity contribution in [2.75, 3.05) is 19.7 Å². The number of aliphatic hydroxyl groups excluding tert-OH is 1. The van der Waals surface area contributed by atoms with Crippen molar-refractivity contribution in [1.82, 2.24) is 5.32 Å². The lowest BCUT2D eigenvalue weighted by molar-refractivity contribution is 0.106. The van der Waals surface area contributed by atoms with Crippen molar-refractivity contribution >= 4 is 11.6 Å². The lowest BCUT2D eigenvalue weighted by atomic mass is 9.86. The van der Waals surface area contributed by atoms with E-state index < -0.39 is 6.10 Å². The van der Waals surface area contributed by atoms with E-state index in [1.165, 1.54) is 16.7 Å². The molecule has 4 nitrogen and oxygen atoms in total. The molecular weight excluding hydrogens is 398 g/mol. The molecule has 1 aliphatic heterocycles. The number of aliphatic hydroxyl groups is 1. The van der Waals surface area contributed by atoms with Gasteiger partial charge in [-0.1, -0.05) is 60.1 Å². The first-order chi connectivity index (χ1) is 14.7. The van der Waals surface area contributed by atoms with Gasteiger partial charge in [0.05, 0.1) is 0 Å². The van der Waals surface area contributed by atoms with Crippen molar-refractivity contribution in [2.45, 2.75) is 25.0 Å². The van der Waals surface area contributed by atoms with Crippen LogP contribution in [0.1, 0.15) is 29.0 Å². The summed E-state index contributed by atoms with van der Waals surface area (Å²) in [5.41, 5.74) is 3.76. The van der Waals surface area contributed by atoms with Gasteiger partial charge in [-0.3, -0.25) is 0 Å². The number of ether oxygens (including phenoxy) is 2. The van der Waals surface area contributed by atoms with Crippen molar-refractivity contribution in [2.24, 2.45) is 0 Å². The predicted molar refractivity (Wildman–Crippen MR) is 119 cm³/mol. The molecule has 0 aromatic heterocycles. The molecule has 0 saturated carbocycles. The Bertz CT molecular complexity index is 930. The zero-order valence-electron chi connectivity index (χ0n) is 16.8. The van der Waals surface area contributed by atoms with Crippen LogP contribution in [-0.4, -0.2) is 30.9 Å². The summed E-state index contributed by atoms with van der Waals surface area (Å²) in [5, 5.41) is 14.2. The summed E-state index contributed by atoms with van der Waals surface area (Å²) in [7, 11) is 0. The Labute approximate surface area is 182 Å². The number of fused-ring (bicyclic) bond motifs is 2. The van der Waals surface area contributed by atoms with E-state index in [0.717, 1.165) is 18.7 Å². The van der Waals surface area contributed by atoms with Crippen LogP contribution in [0, 0.1) is 0 Å². The molecule has 156 valence electrons. The van der Waals surface area contributed by atoms with Crippen LogP contribution in [-0.2, 0) is 6.61 Å². The summed E-state index contributed by atoms with van der Waals surface area (Å²) in [4.78, 5) is 0. The van der Waals surface area contributed by atoms with Crippen molar-refractivity contribution in [3.05, 3.63) is 94.5 Å². The van der Waals surface area contributed by atoms with Gasteiger partial charge in [-0.15, -0.1) is 0 Å². The molecule has 30 heavy (non-hydrogen) atoms. The van der Waals surface area contributed by atoms with E-state index in [0.29, 0.717) is 23.9 Å². The standard InChI is InChI=1S/C25H26ClNO3/c26-19-7-5-8-21(14-19)29-17-20(28)15-27-13-12-23-22-9-2-1-6-18(22)16-30-25-11-4-3-10-24(23)25/h1-11,14,20,23,27-28H,12-13,15-17H2. The van der Waals surface area contributed by atoms with Crippen molar-refractivity contribution in [3.8, 4) is 11.5 Å². The molecule has 5 heteroatoms. The maximum Gasteiger partial charge on any atom is 0.123 e. The van der Waals surface area contributed by atoms with Gasteiger partial charge >= 0.3 is 0 Å². The van der Waals surface area contributed by atoms with Gasteiger partial charge in [-0.25, -0.2) is 0 Å². The number of nitrogens with one attached hydrogen (secondary N) is 1. The van der Waals surface area contributed by atoms with Gasteiger partial charge in [0.2, 0.25) is 0 Å². The molecule has 0 spiro atoms. The van der Waals surface area contributed by atoms with E-state index in [9.17, 15) is 5.11 Å². The Morgan fingerprint density at radius 3 is 2.70 bits per heavy atom. The smallest absolute Gasteiger partial charge is 0.123 e. The molecule has 2 atom stereocenters. The van der Waals surface area contributed by atoms with E-state index in [1.807, 2.05) is 24.3 Å². The summed E-state index contributed by atoms with van der Waals surface area (Å²) in [6, 6.07) is 23.9. The Kier molecular flexibility index (Phi) is 6.90. The zero-order valence-corrected chi connectivity index (χ0v) is 17.5. The molecule has 0 amide bonds. The minimum Gasteiger partial charge on any atom is -0.491 e. The van der Waals surface area contributed by atoms with Crippen LogP contribution >= 0.6 is 11.6 Å². The number of rotatable bonds is 8. The third-order valence-corrected chi connectivity index (χ3v) is 5.57. The normalized spacial score (nSPS) is 16.0. The van der Waals surface area contributed by atoms with Crippen LogP contribution in [0.25, 0.3) is 0 Å². The lowest BCUT2D eigenvalue weighted by Gasteiger charge is -2.20. The Hall–Kier alpha value is -2.53. The molecule has 1 heterocycles. The molecule has 4 rings (SSSR count). The monoisotopic (exact) mass is 423 g/mol. The molecule has 2 N–H and O–H groups in total. The van der Waals surface area contributed by atoms with Crippen molar-refractivity contribution < 1.29 is 14.6 Å². The van der Waals surface area contributed by atoms with Gasteiger partial charge in [-0.05, 0) is 48.4 Å². The Morgan fingerprint density at radius 2 is 1.83 bits per heavy atom. The molecule has 0 fully saturated rings. The number of halogens is 1. The van der Waals surface area contributed by atoms with Crippen LogP contribution < -0.4 is 14.8 Å². The van der Waals surface area contributed by atoms with Crippen molar-refractivity contribution in [1.29, 1.82) is 0 Å². The van der Waals surface area contributed by atoms with E-state index in [4.69, 9.17) is 21.1 Å². The molecule has 0 saturated heterocycles. The van der Waals surface area contributed by atoms with Gasteiger partial charge in [0.25, 0.3) is 0 Å². The fourth-order valence-electron chi connectivity index (χ4n) is 3.86. The minimum absolute atomic E-state index is 0.219. The minimum atomic E-state index is -0.596. The summed E-state index contributed by atoms with van der Waals surface area (Å²) in [6.07, 6.45) is 0.320. The highest BCUT2D eigenvalue weighted by Gasteiger charge is 2.23. The van der Waals surface area contributed by atoms with Crippen molar-refractivity contribution in [3.63, 3.8) is 0 Å². The highest BCUT2D eigenvalue weighted by atomic mass is 35.5. The first-order valence-corrected chi connectivity index (χ1v) is 10.6. The van der Waals surface area contributed by atoms with Crippen LogP contribution in [0.15, 0.2) is 72.8 Å². The number of hydrogen-bond acceptors (Lipinski definition) is 4. The van der Waals surface area contributed by atoms with Crippen LogP contribution in [0.2, 0.25) is 5.02 Å². The summed E-state index contributed by atoms with van der Waals surface area (Å²) < 4.78 is 11.7. The zero-order chi connectivity index (χ0) is 20.8. The first-order valence-electron chi connectivity index (χ1n) is 10.3. The second-order valence-corrected chi connectivity index (χ2v) is 7.93. The molecule has 1 aliphatic rings. The highest BCUT2D eigenvalue weighted by Crippen LogP contribution is 2.38. The average Bonchev–Trinajstić information content (AvgIpc) is 2.92. The number of para-hydroxylation sites is 1. The summed E-state index contributed by atoms with van der Waals surface area (Å²) in [5.74, 6) is 1.87. The van der Waals surface area contributed by atoms with E-state index in [2.05, 4.69) is 41.7 Å². The average molecular weight is 424 g/mol. The second-order valence-electron chi connectivity index (χ2n) is 7.49. The van der Waals surface area contributed by atoms with Crippen LogP contribution in [0.3, 0.4) is 0 Å². The molecule has 0 radical (unpaired) electrons. The van der Waals surface area contributed by atoms with Gasteiger partial charge < -0.3 is 19.9 Å². The highest BCUT2D eigenvalue weighted by molar-refractivity contribution is 6.30. The molecule has 0 aliphatic carbocycles. The quantitative estimate of drug-likeness (QED) is 0.512. The number of benzene rings is 3. The van der Waals surface area contributed by atoms with Gasteiger partial charge in [-0.2, -0.15) is 0 Å². The maximum absolute atomic E-state index is 10.2.